The lowest BCUT2D eigenvalue weighted by Crippen LogP contribution is -2.35. The molecule has 1 aliphatic rings. The Labute approximate surface area is 194 Å². The first-order valence-electron chi connectivity index (χ1n) is 11.0. The predicted molar refractivity (Wildman–Crippen MR) is 126 cm³/mol. The van der Waals surface area contributed by atoms with Crippen LogP contribution in [0.4, 0.5) is 0 Å². The molecule has 1 aliphatic heterocycles. The molecule has 4 rings (SSSR count). The standard InChI is InChI=1S/C27H28N2O4/c1-32-21-13-14-22(25(15-21)33-2)23-17-29(27(31)20-11-7-4-8-12-20)18-24(23)26(30)28-16-19-9-5-3-6-10-19/h3-15,23-24H,16-18H2,1-2H3,(H,28,30). The van der Waals surface area contributed by atoms with Crippen molar-refractivity contribution in [1.29, 1.82) is 0 Å². The molecule has 0 aromatic heterocycles. The lowest BCUT2D eigenvalue weighted by molar-refractivity contribution is -0.125. The van der Waals surface area contributed by atoms with Crippen LogP contribution in [0, 0.1) is 5.92 Å². The van der Waals surface area contributed by atoms with Gasteiger partial charge in [-0.25, -0.2) is 0 Å². The number of carbonyl (C=O) groups is 2. The van der Waals surface area contributed by atoms with E-state index in [4.69, 9.17) is 9.47 Å². The lowest BCUT2D eigenvalue weighted by Gasteiger charge is -2.21. The quantitative estimate of drug-likeness (QED) is 0.601. The summed E-state index contributed by atoms with van der Waals surface area (Å²) in [5.74, 6) is 0.569. The maximum atomic E-state index is 13.3. The first-order chi connectivity index (χ1) is 16.1. The third-order valence-corrected chi connectivity index (χ3v) is 6.11. The summed E-state index contributed by atoms with van der Waals surface area (Å²) < 4.78 is 11.0. The number of benzene rings is 3. The molecular formula is C27H28N2O4. The normalized spacial score (nSPS) is 17.5. The average molecular weight is 445 g/mol. The van der Waals surface area contributed by atoms with E-state index in [1.54, 1.807) is 31.3 Å². The number of ether oxygens (including phenoxy) is 2. The Morgan fingerprint density at radius 2 is 1.61 bits per heavy atom. The number of amides is 2. The highest BCUT2D eigenvalue weighted by Gasteiger charge is 2.41. The minimum absolute atomic E-state index is 0.0774. The van der Waals surface area contributed by atoms with E-state index in [-0.39, 0.29) is 17.7 Å². The van der Waals surface area contributed by atoms with Crippen molar-refractivity contribution in [3.63, 3.8) is 0 Å². The van der Waals surface area contributed by atoms with Crippen molar-refractivity contribution >= 4 is 11.8 Å². The molecule has 33 heavy (non-hydrogen) atoms. The molecule has 2 unspecified atom stereocenters. The van der Waals surface area contributed by atoms with Gasteiger partial charge in [0.1, 0.15) is 11.5 Å². The zero-order valence-corrected chi connectivity index (χ0v) is 18.9. The summed E-state index contributed by atoms with van der Waals surface area (Å²) in [4.78, 5) is 28.2. The fourth-order valence-electron chi connectivity index (χ4n) is 4.35. The van der Waals surface area contributed by atoms with Crippen LogP contribution in [-0.4, -0.2) is 44.0 Å². The van der Waals surface area contributed by atoms with E-state index in [0.717, 1.165) is 11.1 Å². The minimum atomic E-state index is -0.399. The van der Waals surface area contributed by atoms with Crippen LogP contribution in [-0.2, 0) is 11.3 Å². The zero-order chi connectivity index (χ0) is 23.2. The Hall–Kier alpha value is -3.80. The highest BCUT2D eigenvalue weighted by atomic mass is 16.5. The zero-order valence-electron chi connectivity index (χ0n) is 18.9. The number of carbonyl (C=O) groups excluding carboxylic acids is 2. The molecule has 1 fully saturated rings. The van der Waals surface area contributed by atoms with Crippen molar-refractivity contribution < 1.29 is 19.1 Å². The SMILES string of the molecule is COc1ccc(C2CN(C(=O)c3ccccc3)CC2C(=O)NCc2ccccc2)c(OC)c1. The van der Waals surface area contributed by atoms with Crippen LogP contribution in [0.5, 0.6) is 11.5 Å². The van der Waals surface area contributed by atoms with E-state index in [9.17, 15) is 9.59 Å². The van der Waals surface area contributed by atoms with Gasteiger partial charge in [-0.05, 0) is 23.8 Å². The number of likely N-dealkylation sites (tertiary alicyclic amines) is 1. The fourth-order valence-corrected chi connectivity index (χ4v) is 4.35. The molecule has 0 spiro atoms. The Kier molecular flexibility index (Phi) is 6.93. The van der Waals surface area contributed by atoms with Crippen molar-refractivity contribution in [2.75, 3.05) is 27.3 Å². The molecule has 2 amide bonds. The van der Waals surface area contributed by atoms with Crippen LogP contribution in [0.2, 0.25) is 0 Å². The highest BCUT2D eigenvalue weighted by Crippen LogP contribution is 2.39. The van der Waals surface area contributed by atoms with Crippen molar-refractivity contribution in [3.8, 4) is 11.5 Å². The Morgan fingerprint density at radius 1 is 0.909 bits per heavy atom. The number of hydrogen-bond donors (Lipinski definition) is 1. The van der Waals surface area contributed by atoms with Crippen molar-refractivity contribution in [2.45, 2.75) is 12.5 Å². The Bertz CT molecular complexity index is 1100. The minimum Gasteiger partial charge on any atom is -0.497 e. The molecule has 0 bridgehead atoms. The van der Waals surface area contributed by atoms with E-state index < -0.39 is 5.92 Å². The van der Waals surface area contributed by atoms with Crippen molar-refractivity contribution in [3.05, 3.63) is 95.6 Å². The van der Waals surface area contributed by atoms with Gasteiger partial charge in [-0.15, -0.1) is 0 Å². The summed E-state index contributed by atoms with van der Waals surface area (Å²) in [5.41, 5.74) is 2.53. The third kappa shape index (κ3) is 5.00. The topological polar surface area (TPSA) is 67.9 Å². The second-order valence-electron chi connectivity index (χ2n) is 8.10. The summed E-state index contributed by atoms with van der Waals surface area (Å²) in [5, 5.41) is 3.06. The van der Waals surface area contributed by atoms with Crippen LogP contribution in [0.3, 0.4) is 0 Å². The molecule has 6 heteroatoms. The summed E-state index contributed by atoms with van der Waals surface area (Å²) in [7, 11) is 3.20. The van der Waals surface area contributed by atoms with Gasteiger partial charge in [0.2, 0.25) is 5.91 Å². The average Bonchev–Trinajstić information content (AvgIpc) is 3.33. The van der Waals surface area contributed by atoms with Gasteiger partial charge in [0.05, 0.1) is 20.1 Å². The molecule has 3 aromatic carbocycles. The second kappa shape index (κ2) is 10.2. The molecule has 1 heterocycles. The maximum Gasteiger partial charge on any atom is 0.253 e. The van der Waals surface area contributed by atoms with Crippen molar-refractivity contribution in [2.24, 2.45) is 5.92 Å². The fraction of sp³-hybridized carbons (Fsp3) is 0.259. The molecular weight excluding hydrogens is 416 g/mol. The highest BCUT2D eigenvalue weighted by molar-refractivity contribution is 5.95. The van der Waals surface area contributed by atoms with Crippen LogP contribution in [0.15, 0.2) is 78.9 Å². The molecule has 0 aliphatic carbocycles. The summed E-state index contributed by atoms with van der Waals surface area (Å²) in [6.07, 6.45) is 0. The number of nitrogens with one attached hydrogen (secondary N) is 1. The summed E-state index contributed by atoms with van der Waals surface area (Å²) in [6.45, 7) is 1.21. The Morgan fingerprint density at radius 3 is 2.27 bits per heavy atom. The second-order valence-corrected chi connectivity index (χ2v) is 8.10. The predicted octanol–water partition coefficient (Wildman–Crippen LogP) is 3.88. The summed E-state index contributed by atoms with van der Waals surface area (Å²) in [6, 6.07) is 24.6. The van der Waals surface area contributed by atoms with Crippen LogP contribution in [0.1, 0.15) is 27.4 Å². The third-order valence-electron chi connectivity index (χ3n) is 6.11. The molecule has 0 saturated carbocycles. The smallest absolute Gasteiger partial charge is 0.253 e. The van der Waals surface area contributed by atoms with E-state index in [2.05, 4.69) is 5.32 Å². The van der Waals surface area contributed by atoms with Gasteiger partial charge < -0.3 is 19.7 Å². The molecule has 6 nitrogen and oxygen atoms in total. The molecule has 1 saturated heterocycles. The van der Waals surface area contributed by atoms with Gasteiger partial charge >= 0.3 is 0 Å². The van der Waals surface area contributed by atoms with E-state index >= 15 is 0 Å². The van der Waals surface area contributed by atoms with Crippen LogP contribution >= 0.6 is 0 Å². The van der Waals surface area contributed by atoms with E-state index in [1.807, 2.05) is 66.7 Å². The van der Waals surface area contributed by atoms with Crippen molar-refractivity contribution in [1.82, 2.24) is 10.2 Å². The monoisotopic (exact) mass is 444 g/mol. The number of methoxy groups -OCH3 is 2. The number of rotatable bonds is 7. The number of nitrogens with zero attached hydrogens (tertiary/aromatic N) is 1. The van der Waals surface area contributed by atoms with Crippen LogP contribution in [0.25, 0.3) is 0 Å². The molecule has 170 valence electrons. The van der Waals surface area contributed by atoms with E-state index in [0.29, 0.717) is 36.7 Å². The van der Waals surface area contributed by atoms with Crippen LogP contribution < -0.4 is 14.8 Å². The molecule has 0 radical (unpaired) electrons. The van der Waals surface area contributed by atoms with Gasteiger partial charge in [0.15, 0.2) is 0 Å². The maximum absolute atomic E-state index is 13.3. The van der Waals surface area contributed by atoms with Gasteiger partial charge in [-0.3, -0.25) is 9.59 Å². The Balaban J connectivity index is 1.61. The first kappa shape index (κ1) is 22.4. The first-order valence-corrected chi connectivity index (χ1v) is 11.0. The lowest BCUT2D eigenvalue weighted by atomic mass is 9.87. The molecule has 2 atom stereocenters. The number of hydrogen-bond acceptors (Lipinski definition) is 4. The van der Waals surface area contributed by atoms with Gasteiger partial charge in [-0.1, -0.05) is 54.6 Å². The molecule has 1 N–H and O–H groups in total. The largest absolute Gasteiger partial charge is 0.497 e. The van der Waals surface area contributed by atoms with Gasteiger partial charge in [-0.2, -0.15) is 0 Å². The van der Waals surface area contributed by atoms with E-state index in [1.165, 1.54) is 0 Å². The van der Waals surface area contributed by atoms with Gasteiger partial charge in [0.25, 0.3) is 5.91 Å². The summed E-state index contributed by atoms with van der Waals surface area (Å²) >= 11 is 0. The molecule has 3 aromatic rings. The van der Waals surface area contributed by atoms with Gasteiger partial charge in [0, 0.05) is 42.7 Å².